The van der Waals surface area contributed by atoms with E-state index >= 15 is 0 Å². The molecule has 74 valence electrons. The average Bonchev–Trinajstić information content (AvgIpc) is 2.67. The van der Waals surface area contributed by atoms with Gasteiger partial charge in [0, 0.05) is 12.5 Å². The summed E-state index contributed by atoms with van der Waals surface area (Å²) >= 11 is 0. The summed E-state index contributed by atoms with van der Waals surface area (Å²) < 4.78 is 5.18. The fraction of sp³-hybridized carbons (Fsp3) is 0.364. The second-order valence-electron chi connectivity index (χ2n) is 3.44. The highest BCUT2D eigenvalue weighted by Crippen LogP contribution is 2.31. The minimum Gasteiger partial charge on any atom is -0.479 e. The Labute approximate surface area is 82.3 Å². The smallest absolute Gasteiger partial charge is 0.333 e. The third kappa shape index (κ3) is 1.63. The molecule has 1 fully saturated rings. The van der Waals surface area contributed by atoms with Crippen LogP contribution in [0.4, 0.5) is 0 Å². The number of carboxylic acids is 1. The molecule has 2 rings (SSSR count). The van der Waals surface area contributed by atoms with Gasteiger partial charge >= 0.3 is 5.97 Å². The highest BCUT2D eigenvalue weighted by Gasteiger charge is 2.34. The first-order valence-electron chi connectivity index (χ1n) is 4.68. The van der Waals surface area contributed by atoms with Crippen molar-refractivity contribution in [2.24, 2.45) is 0 Å². The predicted octanol–water partition coefficient (Wildman–Crippen LogP) is 1.64. The topological polar surface area (TPSA) is 46.5 Å². The lowest BCUT2D eigenvalue weighted by molar-refractivity contribution is -0.148. The largest absolute Gasteiger partial charge is 0.479 e. The zero-order chi connectivity index (χ0) is 9.97. The molecular formula is C11H12O3. The monoisotopic (exact) mass is 192 g/mol. The quantitative estimate of drug-likeness (QED) is 0.774. The molecule has 1 aromatic rings. The van der Waals surface area contributed by atoms with E-state index in [9.17, 15) is 4.79 Å². The van der Waals surface area contributed by atoms with Crippen LogP contribution in [0.15, 0.2) is 30.3 Å². The summed E-state index contributed by atoms with van der Waals surface area (Å²) in [5, 5.41) is 8.92. The molecular weight excluding hydrogens is 180 g/mol. The molecule has 0 saturated carbocycles. The predicted molar refractivity (Wildman–Crippen MR) is 51.2 cm³/mol. The molecule has 0 bridgehead atoms. The highest BCUT2D eigenvalue weighted by molar-refractivity contribution is 5.74. The van der Waals surface area contributed by atoms with E-state index in [0.29, 0.717) is 6.61 Å². The molecule has 3 heteroatoms. The van der Waals surface area contributed by atoms with Crippen molar-refractivity contribution in [1.29, 1.82) is 0 Å². The van der Waals surface area contributed by atoms with Gasteiger partial charge in [0.05, 0.1) is 0 Å². The summed E-state index contributed by atoms with van der Waals surface area (Å²) in [5.41, 5.74) is 1.05. The van der Waals surface area contributed by atoms with Gasteiger partial charge in [0.15, 0.2) is 6.10 Å². The first-order valence-corrected chi connectivity index (χ1v) is 4.68. The fourth-order valence-corrected chi connectivity index (χ4v) is 1.87. The molecule has 0 radical (unpaired) electrons. The van der Waals surface area contributed by atoms with Crippen LogP contribution in [0, 0.1) is 0 Å². The van der Waals surface area contributed by atoms with Crippen LogP contribution in [0.5, 0.6) is 0 Å². The summed E-state index contributed by atoms with van der Waals surface area (Å²) in [6.45, 7) is 0.538. The molecule has 0 unspecified atom stereocenters. The van der Waals surface area contributed by atoms with Gasteiger partial charge in [-0.25, -0.2) is 4.79 Å². The van der Waals surface area contributed by atoms with Gasteiger partial charge in [-0.05, 0) is 12.0 Å². The normalized spacial score (nSPS) is 26.3. The molecule has 0 aromatic heterocycles. The third-order valence-electron chi connectivity index (χ3n) is 2.56. The second kappa shape index (κ2) is 3.80. The van der Waals surface area contributed by atoms with E-state index in [1.54, 1.807) is 0 Å². The van der Waals surface area contributed by atoms with Crippen molar-refractivity contribution in [1.82, 2.24) is 0 Å². The molecule has 1 aliphatic rings. The summed E-state index contributed by atoms with van der Waals surface area (Å²) in [7, 11) is 0. The van der Waals surface area contributed by atoms with E-state index in [0.717, 1.165) is 12.0 Å². The molecule has 0 amide bonds. The Bertz CT molecular complexity index is 321. The van der Waals surface area contributed by atoms with E-state index < -0.39 is 12.1 Å². The van der Waals surface area contributed by atoms with Crippen molar-refractivity contribution in [3.63, 3.8) is 0 Å². The zero-order valence-electron chi connectivity index (χ0n) is 7.72. The van der Waals surface area contributed by atoms with Crippen LogP contribution < -0.4 is 0 Å². The molecule has 1 saturated heterocycles. The molecule has 3 nitrogen and oxygen atoms in total. The number of ether oxygens (including phenoxy) is 1. The Morgan fingerprint density at radius 1 is 1.36 bits per heavy atom. The van der Waals surface area contributed by atoms with Gasteiger partial charge < -0.3 is 9.84 Å². The Morgan fingerprint density at radius 2 is 2.07 bits per heavy atom. The zero-order valence-corrected chi connectivity index (χ0v) is 7.72. The van der Waals surface area contributed by atoms with Gasteiger partial charge in [0.2, 0.25) is 0 Å². The van der Waals surface area contributed by atoms with Gasteiger partial charge in [-0.15, -0.1) is 0 Å². The van der Waals surface area contributed by atoms with Crippen molar-refractivity contribution >= 4 is 5.97 Å². The molecule has 1 heterocycles. The number of aliphatic carboxylic acids is 1. The van der Waals surface area contributed by atoms with Crippen molar-refractivity contribution in [3.05, 3.63) is 35.9 Å². The van der Waals surface area contributed by atoms with Crippen molar-refractivity contribution in [2.45, 2.75) is 18.4 Å². The average molecular weight is 192 g/mol. The van der Waals surface area contributed by atoms with Gasteiger partial charge in [0.1, 0.15) is 0 Å². The van der Waals surface area contributed by atoms with Crippen LogP contribution >= 0.6 is 0 Å². The fourth-order valence-electron chi connectivity index (χ4n) is 1.87. The third-order valence-corrected chi connectivity index (χ3v) is 2.56. The summed E-state index contributed by atoms with van der Waals surface area (Å²) in [6.07, 6.45) is 0.124. The Morgan fingerprint density at radius 3 is 2.71 bits per heavy atom. The Hall–Kier alpha value is -1.35. The SMILES string of the molecule is O=C(O)[C@@H]1OCC[C@H]1c1ccccc1. The van der Waals surface area contributed by atoms with E-state index in [2.05, 4.69) is 0 Å². The van der Waals surface area contributed by atoms with Gasteiger partial charge in [-0.1, -0.05) is 30.3 Å². The molecule has 1 N–H and O–H groups in total. The maximum Gasteiger partial charge on any atom is 0.333 e. The van der Waals surface area contributed by atoms with Crippen LogP contribution in [0.2, 0.25) is 0 Å². The Balaban J connectivity index is 2.22. The lowest BCUT2D eigenvalue weighted by Crippen LogP contribution is -2.24. The number of hydrogen-bond acceptors (Lipinski definition) is 2. The number of carbonyl (C=O) groups is 1. The summed E-state index contributed by atoms with van der Waals surface area (Å²) in [4.78, 5) is 10.9. The number of benzene rings is 1. The van der Waals surface area contributed by atoms with Crippen LogP contribution in [0.3, 0.4) is 0 Å². The minimum absolute atomic E-state index is 0.00806. The summed E-state index contributed by atoms with van der Waals surface area (Å²) in [6, 6.07) is 9.68. The highest BCUT2D eigenvalue weighted by atomic mass is 16.5. The lowest BCUT2D eigenvalue weighted by atomic mass is 9.93. The number of carboxylic acid groups (broad SMARTS) is 1. The standard InChI is InChI=1S/C11H12O3/c12-11(13)10-9(6-7-14-10)8-4-2-1-3-5-8/h1-5,9-10H,6-7H2,(H,12,13)/t9-,10+/m0/s1. The van der Waals surface area contributed by atoms with Crippen molar-refractivity contribution in [3.8, 4) is 0 Å². The van der Waals surface area contributed by atoms with E-state index in [-0.39, 0.29) is 5.92 Å². The van der Waals surface area contributed by atoms with Crippen LogP contribution in [-0.4, -0.2) is 23.8 Å². The molecule has 0 spiro atoms. The molecule has 14 heavy (non-hydrogen) atoms. The molecule has 1 aliphatic heterocycles. The number of rotatable bonds is 2. The lowest BCUT2D eigenvalue weighted by Gasteiger charge is -2.14. The van der Waals surface area contributed by atoms with E-state index in [4.69, 9.17) is 9.84 Å². The molecule has 1 aromatic carbocycles. The van der Waals surface area contributed by atoms with Gasteiger partial charge in [0.25, 0.3) is 0 Å². The van der Waals surface area contributed by atoms with Crippen LogP contribution in [0.25, 0.3) is 0 Å². The maximum atomic E-state index is 10.9. The molecule has 0 aliphatic carbocycles. The first kappa shape index (κ1) is 9.21. The Kier molecular flexibility index (Phi) is 2.50. The van der Waals surface area contributed by atoms with Crippen molar-refractivity contribution < 1.29 is 14.6 Å². The first-order chi connectivity index (χ1) is 6.79. The van der Waals surface area contributed by atoms with E-state index in [1.165, 1.54) is 0 Å². The van der Waals surface area contributed by atoms with Gasteiger partial charge in [-0.2, -0.15) is 0 Å². The number of hydrogen-bond donors (Lipinski definition) is 1. The summed E-state index contributed by atoms with van der Waals surface area (Å²) in [5.74, 6) is -0.856. The minimum atomic E-state index is -0.864. The maximum absolute atomic E-state index is 10.9. The van der Waals surface area contributed by atoms with Crippen molar-refractivity contribution in [2.75, 3.05) is 6.61 Å². The van der Waals surface area contributed by atoms with Crippen LogP contribution in [0.1, 0.15) is 17.9 Å². The van der Waals surface area contributed by atoms with Crippen LogP contribution in [-0.2, 0) is 9.53 Å². The van der Waals surface area contributed by atoms with Gasteiger partial charge in [-0.3, -0.25) is 0 Å². The second-order valence-corrected chi connectivity index (χ2v) is 3.44. The van der Waals surface area contributed by atoms with E-state index in [1.807, 2.05) is 30.3 Å². The molecule has 2 atom stereocenters.